The molecule has 0 unspecified atom stereocenters. The maximum absolute atomic E-state index is 5.36. The van der Waals surface area contributed by atoms with Gasteiger partial charge in [-0.15, -0.1) is 0 Å². The molecule has 0 radical (unpaired) electrons. The monoisotopic (exact) mass is 144 g/mol. The van der Waals surface area contributed by atoms with Crippen molar-refractivity contribution in [3.05, 3.63) is 30.3 Å². The molecule has 1 nitrogen and oxygen atoms in total. The van der Waals surface area contributed by atoms with Gasteiger partial charge in [0.1, 0.15) is 11.6 Å². The summed E-state index contributed by atoms with van der Waals surface area (Å²) < 4.78 is 0. The van der Waals surface area contributed by atoms with Gasteiger partial charge in [-0.2, -0.15) is 0 Å². The van der Waals surface area contributed by atoms with Crippen LogP contribution in [0.1, 0.15) is 0 Å². The van der Waals surface area contributed by atoms with Crippen molar-refractivity contribution in [2.45, 2.75) is 0 Å². The molecular weight excluding hydrogens is 134 g/mol. The Morgan fingerprint density at radius 2 is 1.56 bits per heavy atom. The number of nitrogen functional groups attached to an aromatic ring is 1. The third-order valence-electron chi connectivity index (χ3n) is 0.800. The fraction of sp³-hybridized carbons (Fsp3) is 0.143. The fourth-order valence-corrected chi connectivity index (χ4v) is 0.453. The van der Waals surface area contributed by atoms with Crippen molar-refractivity contribution in [1.29, 1.82) is 0 Å². The lowest BCUT2D eigenvalue weighted by Gasteiger charge is -1.83. The molecule has 0 heterocycles. The van der Waals surface area contributed by atoms with Gasteiger partial charge >= 0.3 is 0 Å². The maximum Gasteiger partial charge on any atom is 0.160 e. The number of hydrogen-bond donors (Lipinski definition) is 1. The topological polar surface area (TPSA) is 26.0 Å². The first-order valence-electron chi connectivity index (χ1n) is 2.61. The van der Waals surface area contributed by atoms with Crippen molar-refractivity contribution in [3.63, 3.8) is 0 Å². The molecule has 0 bridgehead atoms. The van der Waals surface area contributed by atoms with E-state index < -0.39 is 0 Å². The Morgan fingerprint density at radius 1 is 1.11 bits per heavy atom. The highest BCUT2D eigenvalue weighted by atomic mass is 35.5. The molecule has 50 valence electrons. The highest BCUT2D eigenvalue weighted by molar-refractivity contribution is 5.35. The number of hydrogen-bond acceptors (Lipinski definition) is 1. The summed E-state index contributed by atoms with van der Waals surface area (Å²) in [4.78, 5) is 0. The van der Waals surface area contributed by atoms with Crippen LogP contribution in [0, 0.1) is 11.6 Å². The number of para-hydroxylation sites is 1. The molecule has 0 atom stereocenters. The minimum Gasteiger partial charge on any atom is -0.399 e. The molecule has 2 heteroatoms. The van der Waals surface area contributed by atoms with Gasteiger partial charge in [0.2, 0.25) is 0 Å². The molecule has 0 aromatic heterocycles. The standard InChI is InChI=1S/C6H7N.CH4Cl/c7-6-4-2-1-3-5-6;1-2/h1-5H,7H2;2H,1H3/q;+1. The van der Waals surface area contributed by atoms with Crippen LogP contribution in [-0.2, 0) is 0 Å². The van der Waals surface area contributed by atoms with Gasteiger partial charge in [-0.05, 0) is 12.1 Å². The van der Waals surface area contributed by atoms with E-state index in [9.17, 15) is 0 Å². The van der Waals surface area contributed by atoms with E-state index >= 15 is 0 Å². The van der Waals surface area contributed by atoms with Gasteiger partial charge in [0.25, 0.3) is 0 Å². The first-order chi connectivity index (χ1) is 4.39. The number of halogens is 1. The van der Waals surface area contributed by atoms with Crippen molar-refractivity contribution in [2.75, 3.05) is 12.1 Å². The summed E-state index contributed by atoms with van der Waals surface area (Å²) in [6, 6.07) is 9.49. The summed E-state index contributed by atoms with van der Waals surface area (Å²) >= 11 is 4.08. The minimum atomic E-state index is 0.822. The van der Waals surface area contributed by atoms with Gasteiger partial charge < -0.3 is 5.73 Å². The van der Waals surface area contributed by atoms with E-state index in [0.29, 0.717) is 0 Å². The van der Waals surface area contributed by atoms with Crippen molar-refractivity contribution >= 4 is 5.69 Å². The fourth-order valence-electron chi connectivity index (χ4n) is 0.453. The molecule has 1 aromatic carbocycles. The molecule has 0 aliphatic rings. The second-order valence-corrected chi connectivity index (χ2v) is 1.41. The zero-order chi connectivity index (χ0) is 7.11. The lowest BCUT2D eigenvalue weighted by Crippen LogP contribution is -1.79. The Kier molecular flexibility index (Phi) is 5.03. The van der Waals surface area contributed by atoms with Crippen LogP contribution in [0.15, 0.2) is 30.3 Å². The zero-order valence-electron chi connectivity index (χ0n) is 5.37. The number of benzene rings is 1. The second-order valence-electron chi connectivity index (χ2n) is 1.41. The molecule has 2 N–H and O–H groups in total. The van der Waals surface area contributed by atoms with E-state index in [-0.39, 0.29) is 0 Å². The molecule has 0 aliphatic heterocycles. The number of anilines is 1. The van der Waals surface area contributed by atoms with Gasteiger partial charge in [-0.1, -0.05) is 18.2 Å². The lowest BCUT2D eigenvalue weighted by molar-refractivity contribution is -0.325. The highest BCUT2D eigenvalue weighted by Crippen LogP contribution is 1.95. The van der Waals surface area contributed by atoms with Crippen molar-refractivity contribution < 1.29 is 11.6 Å². The van der Waals surface area contributed by atoms with Crippen molar-refractivity contribution in [3.8, 4) is 0 Å². The van der Waals surface area contributed by atoms with Gasteiger partial charge in [-0.3, -0.25) is 0 Å². The van der Waals surface area contributed by atoms with Gasteiger partial charge in [0.15, 0.2) is 6.38 Å². The Labute approximate surface area is 60.4 Å². The second kappa shape index (κ2) is 5.45. The zero-order valence-corrected chi connectivity index (χ0v) is 6.19. The molecular formula is C7H11ClN+. The average molecular weight is 145 g/mol. The number of nitrogens with two attached hydrogens (primary N) is 1. The highest BCUT2D eigenvalue weighted by Gasteiger charge is 1.72. The van der Waals surface area contributed by atoms with E-state index in [1.54, 1.807) is 6.38 Å². The van der Waals surface area contributed by atoms with Crippen molar-refractivity contribution in [1.82, 2.24) is 0 Å². The third-order valence-corrected chi connectivity index (χ3v) is 0.800. The Balaban J connectivity index is 0.000000291. The van der Waals surface area contributed by atoms with E-state index in [4.69, 9.17) is 5.73 Å². The summed E-state index contributed by atoms with van der Waals surface area (Å²) in [6.45, 7) is 0. The van der Waals surface area contributed by atoms with Gasteiger partial charge in [-0.25, -0.2) is 0 Å². The van der Waals surface area contributed by atoms with Crippen LogP contribution in [0.4, 0.5) is 5.69 Å². The molecule has 0 saturated carbocycles. The molecule has 1 aromatic rings. The SMILES string of the molecule is C[ClH+].Nc1ccccc1. The summed E-state index contributed by atoms with van der Waals surface area (Å²) in [5, 5.41) is 0. The van der Waals surface area contributed by atoms with Gasteiger partial charge in [0.05, 0.1) is 0 Å². The first kappa shape index (κ1) is 8.31. The van der Waals surface area contributed by atoms with Crippen LogP contribution in [-0.4, -0.2) is 6.38 Å². The lowest BCUT2D eigenvalue weighted by atomic mass is 10.3. The van der Waals surface area contributed by atoms with Crippen molar-refractivity contribution in [2.24, 2.45) is 0 Å². The molecule has 1 rings (SSSR count). The Morgan fingerprint density at radius 3 is 1.78 bits per heavy atom. The first-order valence-corrected chi connectivity index (χ1v) is 3.42. The van der Waals surface area contributed by atoms with Crippen LogP contribution in [0.5, 0.6) is 0 Å². The van der Waals surface area contributed by atoms with E-state index in [0.717, 1.165) is 5.69 Å². The maximum atomic E-state index is 5.36. The summed E-state index contributed by atoms with van der Waals surface area (Å²) in [7, 11) is 0. The number of alkyl halides is 1. The van der Waals surface area contributed by atoms with Crippen LogP contribution in [0.2, 0.25) is 0 Å². The third kappa shape index (κ3) is 3.86. The normalized spacial score (nSPS) is 7.33. The average Bonchev–Trinajstić information content (AvgIpc) is 1.94. The minimum absolute atomic E-state index is 0.822. The molecule has 0 fully saturated rings. The van der Waals surface area contributed by atoms with Crippen LogP contribution in [0.25, 0.3) is 0 Å². The predicted molar refractivity (Wildman–Crippen MR) is 38.2 cm³/mol. The van der Waals surface area contributed by atoms with Gasteiger partial charge in [0, 0.05) is 5.69 Å². The molecule has 0 amide bonds. The summed E-state index contributed by atoms with van der Waals surface area (Å²) in [6.07, 6.45) is 1.58. The summed E-state index contributed by atoms with van der Waals surface area (Å²) in [5.74, 6) is 0. The molecule has 9 heavy (non-hydrogen) atoms. The smallest absolute Gasteiger partial charge is 0.160 e. The van der Waals surface area contributed by atoms with Crippen LogP contribution >= 0.6 is 0 Å². The molecule has 0 saturated heterocycles. The van der Waals surface area contributed by atoms with E-state index in [1.165, 1.54) is 0 Å². The molecule has 0 aliphatic carbocycles. The predicted octanol–water partition coefficient (Wildman–Crippen LogP) is 1.17. The number of rotatable bonds is 0. The van der Waals surface area contributed by atoms with E-state index in [1.807, 2.05) is 30.3 Å². The van der Waals surface area contributed by atoms with E-state index in [2.05, 4.69) is 11.6 Å². The summed E-state index contributed by atoms with van der Waals surface area (Å²) in [5.41, 5.74) is 6.18. The van der Waals surface area contributed by atoms with Crippen LogP contribution < -0.4 is 5.73 Å². The van der Waals surface area contributed by atoms with Crippen LogP contribution in [0.3, 0.4) is 0 Å². The quantitative estimate of drug-likeness (QED) is 0.429. The Bertz CT molecular complexity index is 139. The largest absolute Gasteiger partial charge is 0.399 e. The Hall–Kier alpha value is -0.690. The molecule has 0 spiro atoms.